The van der Waals surface area contributed by atoms with Gasteiger partial charge in [-0.05, 0) is 24.1 Å². The molecular weight excluding hydrogens is 280 g/mol. The van der Waals surface area contributed by atoms with Crippen molar-refractivity contribution in [2.24, 2.45) is 0 Å². The van der Waals surface area contributed by atoms with Crippen molar-refractivity contribution in [3.63, 3.8) is 0 Å². The summed E-state index contributed by atoms with van der Waals surface area (Å²) in [5.41, 5.74) is 0.576. The number of hydrogen-bond donors (Lipinski definition) is 0. The van der Waals surface area contributed by atoms with E-state index in [-0.39, 0.29) is 0 Å². The lowest BCUT2D eigenvalue weighted by molar-refractivity contribution is -0.275. The number of ether oxygens (including phenoxy) is 1. The zero-order chi connectivity index (χ0) is 11.5. The van der Waals surface area contributed by atoms with Crippen LogP contribution in [0.3, 0.4) is 0 Å². The molecule has 1 rings (SSSR count). The molecule has 6 heteroatoms. The van der Waals surface area contributed by atoms with E-state index in [4.69, 9.17) is 0 Å². The van der Waals surface area contributed by atoms with Gasteiger partial charge in [0.25, 0.3) is 0 Å². The number of alkyl halides is 4. The molecule has 0 heterocycles. The molecule has 0 amide bonds. The topological polar surface area (TPSA) is 9.23 Å². The van der Waals surface area contributed by atoms with Gasteiger partial charge in [-0.15, -0.1) is 13.2 Å². The molecule has 15 heavy (non-hydrogen) atoms. The molecular formula is C9H7BrF4O. The van der Waals surface area contributed by atoms with Crippen LogP contribution in [0.15, 0.2) is 18.2 Å². The summed E-state index contributed by atoms with van der Waals surface area (Å²) in [4.78, 5) is 0. The third kappa shape index (κ3) is 4.07. The van der Waals surface area contributed by atoms with Gasteiger partial charge < -0.3 is 4.74 Å². The highest BCUT2D eigenvalue weighted by molar-refractivity contribution is 9.09. The van der Waals surface area contributed by atoms with E-state index in [9.17, 15) is 17.6 Å². The van der Waals surface area contributed by atoms with Gasteiger partial charge in [0.1, 0.15) is 0 Å². The van der Waals surface area contributed by atoms with Crippen molar-refractivity contribution in [2.75, 3.05) is 5.33 Å². The molecule has 0 aliphatic carbocycles. The summed E-state index contributed by atoms with van der Waals surface area (Å²) in [5.74, 6) is -1.81. The van der Waals surface area contributed by atoms with Crippen LogP contribution >= 0.6 is 15.9 Å². The molecule has 0 fully saturated rings. The molecule has 1 aromatic carbocycles. The molecule has 84 valence electrons. The minimum atomic E-state index is -4.87. The zero-order valence-electron chi connectivity index (χ0n) is 7.44. The van der Waals surface area contributed by atoms with Gasteiger partial charge >= 0.3 is 6.36 Å². The first-order valence-corrected chi connectivity index (χ1v) is 5.14. The van der Waals surface area contributed by atoms with Crippen molar-refractivity contribution < 1.29 is 22.3 Å². The molecule has 0 spiro atoms. The highest BCUT2D eigenvalue weighted by atomic mass is 79.9. The summed E-state index contributed by atoms with van der Waals surface area (Å²) in [6, 6.07) is 3.42. The molecule has 0 radical (unpaired) electrons. The van der Waals surface area contributed by atoms with Crippen LogP contribution in [-0.4, -0.2) is 11.7 Å². The summed E-state index contributed by atoms with van der Waals surface area (Å²) in [5, 5.41) is 0.587. The maximum absolute atomic E-state index is 12.9. The lowest BCUT2D eigenvalue weighted by atomic mass is 10.1. The Morgan fingerprint density at radius 2 is 1.93 bits per heavy atom. The summed E-state index contributed by atoms with van der Waals surface area (Å²) in [6.45, 7) is 0. The smallest absolute Gasteiger partial charge is 0.403 e. The number of rotatable bonds is 3. The monoisotopic (exact) mass is 286 g/mol. The van der Waals surface area contributed by atoms with E-state index < -0.39 is 17.9 Å². The second-order valence-corrected chi connectivity index (χ2v) is 3.54. The fraction of sp³-hybridized carbons (Fsp3) is 0.333. The van der Waals surface area contributed by atoms with Gasteiger partial charge in [-0.2, -0.15) is 0 Å². The number of hydrogen-bond acceptors (Lipinski definition) is 1. The van der Waals surface area contributed by atoms with E-state index in [1.54, 1.807) is 0 Å². The van der Waals surface area contributed by atoms with Gasteiger partial charge in [0, 0.05) is 5.33 Å². The lowest BCUT2D eigenvalue weighted by Crippen LogP contribution is -2.18. The predicted octanol–water partition coefficient (Wildman–Crippen LogP) is 3.66. The molecule has 0 bridgehead atoms. The van der Waals surface area contributed by atoms with Crippen LogP contribution in [0.2, 0.25) is 0 Å². The predicted molar refractivity (Wildman–Crippen MR) is 50.6 cm³/mol. The fourth-order valence-corrected chi connectivity index (χ4v) is 1.47. The molecule has 0 aromatic heterocycles. The Balaban J connectivity index is 2.90. The van der Waals surface area contributed by atoms with E-state index in [2.05, 4.69) is 20.7 Å². The van der Waals surface area contributed by atoms with Crippen molar-refractivity contribution in [1.29, 1.82) is 0 Å². The van der Waals surface area contributed by atoms with Crippen LogP contribution in [0.5, 0.6) is 5.75 Å². The zero-order valence-corrected chi connectivity index (χ0v) is 9.03. The SMILES string of the molecule is Fc1ccc(CCBr)cc1OC(F)(F)F. The van der Waals surface area contributed by atoms with Gasteiger partial charge in [-0.3, -0.25) is 0 Å². The quantitative estimate of drug-likeness (QED) is 0.609. The van der Waals surface area contributed by atoms with Gasteiger partial charge in [0.2, 0.25) is 0 Å². The van der Waals surface area contributed by atoms with Gasteiger partial charge in [-0.1, -0.05) is 22.0 Å². The Bertz CT molecular complexity index is 337. The Morgan fingerprint density at radius 1 is 1.27 bits per heavy atom. The van der Waals surface area contributed by atoms with Gasteiger partial charge in [-0.25, -0.2) is 4.39 Å². The van der Waals surface area contributed by atoms with Gasteiger partial charge in [0.15, 0.2) is 11.6 Å². The Morgan fingerprint density at radius 3 is 2.47 bits per heavy atom. The van der Waals surface area contributed by atoms with Crippen LogP contribution in [0.25, 0.3) is 0 Å². The first kappa shape index (κ1) is 12.3. The highest BCUT2D eigenvalue weighted by Gasteiger charge is 2.32. The Labute approximate surface area is 92.2 Å². The first-order chi connectivity index (χ1) is 6.92. The molecule has 1 aromatic rings. The average molecular weight is 287 g/mol. The molecule has 0 atom stereocenters. The highest BCUT2D eigenvalue weighted by Crippen LogP contribution is 2.26. The second kappa shape index (κ2) is 4.83. The van der Waals surface area contributed by atoms with E-state index in [0.29, 0.717) is 17.3 Å². The summed E-state index contributed by atoms with van der Waals surface area (Å²) in [6.07, 6.45) is -4.36. The summed E-state index contributed by atoms with van der Waals surface area (Å²) < 4.78 is 52.0. The number of benzene rings is 1. The normalized spacial score (nSPS) is 11.5. The van der Waals surface area contributed by atoms with Gasteiger partial charge in [0.05, 0.1) is 0 Å². The second-order valence-electron chi connectivity index (χ2n) is 2.75. The molecule has 0 aliphatic heterocycles. The average Bonchev–Trinajstić information content (AvgIpc) is 2.09. The molecule has 0 N–H and O–H groups in total. The van der Waals surface area contributed by atoms with E-state index >= 15 is 0 Å². The van der Waals surface area contributed by atoms with Crippen molar-refractivity contribution in [3.8, 4) is 5.75 Å². The third-order valence-electron chi connectivity index (χ3n) is 1.60. The molecule has 0 saturated heterocycles. The first-order valence-electron chi connectivity index (χ1n) is 4.02. The standard InChI is InChI=1S/C9H7BrF4O/c10-4-3-6-1-2-7(11)8(5-6)15-9(12,13)14/h1-2,5H,3-4H2. The lowest BCUT2D eigenvalue weighted by Gasteiger charge is -2.10. The Kier molecular flexibility index (Phi) is 3.96. The molecule has 1 nitrogen and oxygen atoms in total. The molecule has 0 unspecified atom stereocenters. The van der Waals surface area contributed by atoms with Crippen molar-refractivity contribution in [2.45, 2.75) is 12.8 Å². The van der Waals surface area contributed by atoms with Crippen molar-refractivity contribution in [1.82, 2.24) is 0 Å². The van der Waals surface area contributed by atoms with Crippen LogP contribution < -0.4 is 4.74 Å². The maximum Gasteiger partial charge on any atom is 0.573 e. The molecule has 0 aliphatic rings. The van der Waals surface area contributed by atoms with E-state index in [1.165, 1.54) is 6.07 Å². The van der Waals surface area contributed by atoms with Crippen molar-refractivity contribution in [3.05, 3.63) is 29.6 Å². The number of halogens is 5. The van der Waals surface area contributed by atoms with E-state index in [1.807, 2.05) is 0 Å². The van der Waals surface area contributed by atoms with Crippen LogP contribution in [-0.2, 0) is 6.42 Å². The third-order valence-corrected chi connectivity index (χ3v) is 2.00. The minimum absolute atomic E-state index is 0.508. The van der Waals surface area contributed by atoms with Crippen LogP contribution in [0.1, 0.15) is 5.56 Å². The Hall–Kier alpha value is -0.780. The van der Waals surface area contributed by atoms with Crippen LogP contribution in [0.4, 0.5) is 17.6 Å². The number of aryl methyl sites for hydroxylation is 1. The molecule has 0 saturated carbocycles. The summed E-state index contributed by atoms with van der Waals surface area (Å²) >= 11 is 3.13. The van der Waals surface area contributed by atoms with Crippen LogP contribution in [0, 0.1) is 5.82 Å². The maximum atomic E-state index is 12.9. The fourth-order valence-electron chi connectivity index (χ4n) is 1.02. The summed E-state index contributed by atoms with van der Waals surface area (Å²) in [7, 11) is 0. The van der Waals surface area contributed by atoms with Crippen molar-refractivity contribution >= 4 is 15.9 Å². The largest absolute Gasteiger partial charge is 0.573 e. The minimum Gasteiger partial charge on any atom is -0.403 e. The van der Waals surface area contributed by atoms with E-state index in [0.717, 1.165) is 12.1 Å².